The number of ether oxygens (including phenoxy) is 1. The third-order valence-corrected chi connectivity index (χ3v) is 4.72. The van der Waals surface area contributed by atoms with E-state index >= 15 is 0 Å². The highest BCUT2D eigenvalue weighted by Gasteiger charge is 2.32. The molecule has 0 aromatic carbocycles. The van der Waals surface area contributed by atoms with Gasteiger partial charge in [-0.05, 0) is 12.8 Å². The van der Waals surface area contributed by atoms with Crippen molar-refractivity contribution in [2.24, 2.45) is 5.92 Å². The summed E-state index contributed by atoms with van der Waals surface area (Å²) < 4.78 is 11.2. The lowest BCUT2D eigenvalue weighted by Gasteiger charge is -2.19. The van der Waals surface area contributed by atoms with Crippen LogP contribution in [0.25, 0.3) is 0 Å². The van der Waals surface area contributed by atoms with Crippen LogP contribution >= 0.6 is 15.9 Å². The van der Waals surface area contributed by atoms with Gasteiger partial charge in [0.2, 0.25) is 11.2 Å². The molecule has 2 aliphatic rings. The quantitative estimate of drug-likeness (QED) is 0.821. The predicted molar refractivity (Wildman–Crippen MR) is 78.4 cm³/mol. The number of amides is 1. The molecular weight excluding hydrogens is 340 g/mol. The smallest absolute Gasteiger partial charge is 0.372 e. The van der Waals surface area contributed by atoms with Crippen LogP contribution < -0.4 is 15.1 Å². The van der Waals surface area contributed by atoms with E-state index in [1.807, 2.05) is 5.01 Å². The van der Waals surface area contributed by atoms with E-state index in [1.165, 1.54) is 6.42 Å². The largest absolute Gasteiger partial charge is 0.377 e. The molecule has 1 saturated carbocycles. The summed E-state index contributed by atoms with van der Waals surface area (Å²) in [6, 6.07) is 0. The van der Waals surface area contributed by atoms with Crippen LogP contribution in [0.5, 0.6) is 0 Å². The second-order valence-electron chi connectivity index (χ2n) is 5.47. The van der Waals surface area contributed by atoms with E-state index in [2.05, 4.69) is 26.5 Å². The first kappa shape index (κ1) is 14.8. The third kappa shape index (κ3) is 3.37. The molecule has 7 nitrogen and oxygen atoms in total. The molecule has 0 spiro atoms. The van der Waals surface area contributed by atoms with Gasteiger partial charge in [-0.25, -0.2) is 0 Å². The van der Waals surface area contributed by atoms with Gasteiger partial charge in [0.25, 0.3) is 0 Å². The Morgan fingerprint density at radius 3 is 2.71 bits per heavy atom. The Morgan fingerprint density at radius 1 is 1.29 bits per heavy atom. The van der Waals surface area contributed by atoms with Gasteiger partial charge in [-0.2, -0.15) is 0 Å². The van der Waals surface area contributed by atoms with Gasteiger partial charge in [0.05, 0.1) is 31.1 Å². The van der Waals surface area contributed by atoms with Crippen molar-refractivity contribution in [2.45, 2.75) is 32.1 Å². The number of aromatic nitrogens is 2. The molecule has 1 amide bonds. The molecule has 0 radical (unpaired) electrons. The number of nitrogens with zero attached hydrogens (tertiary/aromatic N) is 3. The third-order valence-electron chi connectivity index (χ3n) is 4.04. The number of anilines is 1. The summed E-state index contributed by atoms with van der Waals surface area (Å²) in [6.07, 6.45) is 5.40. The maximum Gasteiger partial charge on any atom is 0.372 e. The van der Waals surface area contributed by atoms with Gasteiger partial charge in [0.1, 0.15) is 0 Å². The van der Waals surface area contributed by atoms with E-state index in [4.69, 9.17) is 9.26 Å². The summed E-state index contributed by atoms with van der Waals surface area (Å²) in [5.74, 6) is 0.491. The fraction of sp³-hybridized carbons (Fsp3) is 0.769. The first-order valence-corrected chi connectivity index (χ1v) is 8.26. The Morgan fingerprint density at radius 2 is 2.00 bits per heavy atom. The monoisotopic (exact) mass is 359 g/mol. The van der Waals surface area contributed by atoms with E-state index in [0.717, 1.165) is 38.8 Å². The van der Waals surface area contributed by atoms with Gasteiger partial charge >= 0.3 is 10.5 Å². The van der Waals surface area contributed by atoms with Crippen LogP contribution in [0.15, 0.2) is 9.13 Å². The zero-order chi connectivity index (χ0) is 14.7. The van der Waals surface area contributed by atoms with Crippen LogP contribution in [-0.2, 0) is 9.53 Å². The SMILES string of the molecule is O=C(Nc1on[n+](N2CCOCC2)c1Br)C1CCCCC1. The van der Waals surface area contributed by atoms with Crippen LogP contribution in [0, 0.1) is 5.92 Å². The Labute approximate surface area is 131 Å². The molecule has 2 fully saturated rings. The number of hydrogen-bond acceptors (Lipinski definition) is 5. The molecule has 1 aliphatic carbocycles. The Hall–Kier alpha value is -1.15. The summed E-state index contributed by atoms with van der Waals surface area (Å²) in [6.45, 7) is 2.81. The Kier molecular flexibility index (Phi) is 4.74. The number of carbonyl (C=O) groups excluding carboxylic acids is 1. The number of hydrogen-bond donors (Lipinski definition) is 1. The second kappa shape index (κ2) is 6.74. The van der Waals surface area contributed by atoms with Crippen LogP contribution in [0.4, 0.5) is 5.88 Å². The molecule has 0 unspecified atom stereocenters. The molecular formula is C13H20BrN4O3+. The van der Waals surface area contributed by atoms with Crippen molar-refractivity contribution < 1.29 is 18.8 Å². The number of carbonyl (C=O) groups is 1. The highest BCUT2D eigenvalue weighted by molar-refractivity contribution is 9.10. The second-order valence-corrected chi connectivity index (χ2v) is 6.22. The van der Waals surface area contributed by atoms with E-state index in [0.29, 0.717) is 23.7 Å². The average molecular weight is 360 g/mol. The minimum atomic E-state index is 0.0284. The van der Waals surface area contributed by atoms with E-state index in [1.54, 1.807) is 4.79 Å². The van der Waals surface area contributed by atoms with E-state index in [-0.39, 0.29) is 11.8 Å². The zero-order valence-electron chi connectivity index (χ0n) is 11.9. The Bertz CT molecular complexity index is 496. The molecule has 0 bridgehead atoms. The van der Waals surface area contributed by atoms with Crippen molar-refractivity contribution in [1.29, 1.82) is 0 Å². The van der Waals surface area contributed by atoms with Crippen molar-refractivity contribution >= 4 is 27.7 Å². The fourth-order valence-electron chi connectivity index (χ4n) is 2.82. The summed E-state index contributed by atoms with van der Waals surface area (Å²) >= 11 is 3.45. The van der Waals surface area contributed by atoms with Crippen molar-refractivity contribution in [3.05, 3.63) is 4.60 Å². The summed E-state index contributed by atoms with van der Waals surface area (Å²) in [7, 11) is 0. The van der Waals surface area contributed by atoms with Crippen LogP contribution in [0.1, 0.15) is 32.1 Å². The van der Waals surface area contributed by atoms with Gasteiger partial charge in [0, 0.05) is 21.8 Å². The highest BCUT2D eigenvalue weighted by atomic mass is 79.9. The van der Waals surface area contributed by atoms with Crippen LogP contribution in [0.3, 0.4) is 0 Å². The van der Waals surface area contributed by atoms with Gasteiger partial charge in [-0.3, -0.25) is 14.6 Å². The minimum absolute atomic E-state index is 0.0284. The average Bonchev–Trinajstić information content (AvgIpc) is 2.90. The molecule has 1 aromatic rings. The summed E-state index contributed by atoms with van der Waals surface area (Å²) in [5, 5.41) is 8.84. The standard InChI is InChI=1S/C13H19BrN4O3/c14-11-13(15-12(19)10-4-2-1-3-5-10)21-16-18(11)17-6-8-20-9-7-17/h10H,1-9H2/p+1. The van der Waals surface area contributed by atoms with Crippen molar-refractivity contribution in [1.82, 2.24) is 5.27 Å². The van der Waals surface area contributed by atoms with Crippen molar-refractivity contribution in [3.8, 4) is 0 Å². The number of morpholine rings is 1. The molecule has 2 heterocycles. The maximum atomic E-state index is 12.2. The maximum absolute atomic E-state index is 12.2. The lowest BCUT2D eigenvalue weighted by Crippen LogP contribution is -2.63. The van der Waals surface area contributed by atoms with Gasteiger partial charge in [-0.1, -0.05) is 19.3 Å². The lowest BCUT2D eigenvalue weighted by atomic mass is 9.89. The zero-order valence-corrected chi connectivity index (χ0v) is 13.5. The first-order chi connectivity index (χ1) is 10.3. The molecule has 21 heavy (non-hydrogen) atoms. The van der Waals surface area contributed by atoms with Gasteiger partial charge < -0.3 is 4.74 Å². The normalized spacial score (nSPS) is 20.5. The minimum Gasteiger partial charge on any atom is -0.377 e. The summed E-state index contributed by atoms with van der Waals surface area (Å²) in [5.41, 5.74) is 0. The Balaban J connectivity index is 1.65. The van der Waals surface area contributed by atoms with Gasteiger partial charge in [0.15, 0.2) is 0 Å². The highest BCUT2D eigenvalue weighted by Crippen LogP contribution is 2.26. The molecule has 1 aromatic heterocycles. The fourth-order valence-corrected chi connectivity index (χ4v) is 3.28. The number of rotatable bonds is 3. The van der Waals surface area contributed by atoms with E-state index < -0.39 is 0 Å². The van der Waals surface area contributed by atoms with Crippen molar-refractivity contribution in [3.63, 3.8) is 0 Å². The molecule has 1 aliphatic heterocycles. The molecule has 8 heteroatoms. The van der Waals surface area contributed by atoms with Crippen molar-refractivity contribution in [2.75, 3.05) is 36.6 Å². The molecule has 116 valence electrons. The van der Waals surface area contributed by atoms with Crippen LogP contribution in [0.2, 0.25) is 0 Å². The van der Waals surface area contributed by atoms with E-state index in [9.17, 15) is 4.79 Å². The van der Waals surface area contributed by atoms with Gasteiger partial charge in [-0.15, -0.1) is 5.01 Å². The first-order valence-electron chi connectivity index (χ1n) is 7.47. The molecule has 1 N–H and O–H groups in total. The predicted octanol–water partition coefficient (Wildman–Crippen LogP) is 1.21. The molecule has 0 atom stereocenters. The number of halogens is 1. The van der Waals surface area contributed by atoms with Crippen LogP contribution in [-0.4, -0.2) is 37.5 Å². The molecule has 3 rings (SSSR count). The molecule has 1 saturated heterocycles. The number of nitrogens with one attached hydrogen (secondary N) is 1. The lowest BCUT2D eigenvalue weighted by molar-refractivity contribution is -0.768. The topological polar surface area (TPSA) is 71.5 Å². The summed E-state index contributed by atoms with van der Waals surface area (Å²) in [4.78, 5) is 13.9.